The first-order valence-electron chi connectivity index (χ1n) is 9.26. The summed E-state index contributed by atoms with van der Waals surface area (Å²) in [4.78, 5) is 14.4. The molecule has 0 spiro atoms. The van der Waals surface area contributed by atoms with Crippen LogP contribution in [-0.2, 0) is 7.05 Å². The summed E-state index contributed by atoms with van der Waals surface area (Å²) < 4.78 is 20.6. The predicted octanol–water partition coefficient (Wildman–Crippen LogP) is 4.46. The maximum absolute atomic E-state index is 13.0. The predicted molar refractivity (Wildman–Crippen MR) is 117 cm³/mol. The van der Waals surface area contributed by atoms with Gasteiger partial charge in [-0.05, 0) is 56.6 Å². The van der Waals surface area contributed by atoms with Crippen LogP contribution in [0.2, 0.25) is 5.02 Å². The molecule has 0 aliphatic carbocycles. The molecule has 2 amide bonds. The molecule has 9 heteroatoms. The van der Waals surface area contributed by atoms with Crippen LogP contribution < -0.4 is 15.4 Å². The highest BCUT2D eigenvalue weighted by molar-refractivity contribution is 6.33. The summed E-state index contributed by atoms with van der Waals surface area (Å²) in [6, 6.07) is 10.4. The van der Waals surface area contributed by atoms with Gasteiger partial charge in [0.15, 0.2) is 0 Å². The van der Waals surface area contributed by atoms with Crippen LogP contribution in [-0.4, -0.2) is 48.0 Å². The monoisotopic (exact) mass is 431 g/mol. The first-order valence-corrected chi connectivity index (χ1v) is 9.64. The average molecular weight is 432 g/mol. The Bertz CT molecular complexity index is 1000. The molecule has 2 N–H and O–H groups in total. The van der Waals surface area contributed by atoms with Crippen molar-refractivity contribution < 1.29 is 13.9 Å². The number of carbonyl (C=O) groups is 1. The molecule has 2 aromatic carbocycles. The van der Waals surface area contributed by atoms with Crippen molar-refractivity contribution in [3.63, 3.8) is 0 Å². The van der Waals surface area contributed by atoms with Crippen LogP contribution in [0.15, 0.2) is 48.7 Å². The van der Waals surface area contributed by atoms with E-state index in [4.69, 9.17) is 16.3 Å². The Morgan fingerprint density at radius 1 is 1.17 bits per heavy atom. The van der Waals surface area contributed by atoms with Gasteiger partial charge in [0.1, 0.15) is 18.2 Å². The molecule has 7 nitrogen and oxygen atoms in total. The lowest BCUT2D eigenvalue weighted by Gasteiger charge is -2.16. The molecule has 158 valence electrons. The smallest absolute Gasteiger partial charge is 0.323 e. The lowest BCUT2D eigenvalue weighted by Crippen LogP contribution is -2.20. The number of hydrogen-bond acceptors (Lipinski definition) is 4. The van der Waals surface area contributed by atoms with E-state index in [9.17, 15) is 9.18 Å². The van der Waals surface area contributed by atoms with Crippen molar-refractivity contribution in [2.24, 2.45) is 7.05 Å². The van der Waals surface area contributed by atoms with Crippen LogP contribution in [0.4, 0.5) is 20.6 Å². The number of aromatic nitrogens is 2. The van der Waals surface area contributed by atoms with Gasteiger partial charge in [0.2, 0.25) is 0 Å². The van der Waals surface area contributed by atoms with Gasteiger partial charge in [0.05, 0.1) is 16.9 Å². The Kier molecular flexibility index (Phi) is 6.91. The summed E-state index contributed by atoms with van der Waals surface area (Å²) in [5.74, 6) is 0.260. The largest absolute Gasteiger partial charge is 0.492 e. The Morgan fingerprint density at radius 2 is 1.83 bits per heavy atom. The number of rotatable bonds is 7. The number of likely N-dealkylation sites (N-methyl/N-ethyl adjacent to an activating group) is 1. The number of nitrogens with one attached hydrogen (secondary N) is 2. The quantitative estimate of drug-likeness (QED) is 0.579. The lowest BCUT2D eigenvalue weighted by molar-refractivity contribution is 0.261. The van der Waals surface area contributed by atoms with Crippen LogP contribution in [0.3, 0.4) is 0 Å². The Balaban J connectivity index is 1.82. The zero-order valence-electron chi connectivity index (χ0n) is 16.9. The zero-order chi connectivity index (χ0) is 21.7. The molecule has 1 aromatic heterocycles. The van der Waals surface area contributed by atoms with Gasteiger partial charge in [-0.2, -0.15) is 5.10 Å². The van der Waals surface area contributed by atoms with Gasteiger partial charge in [0.25, 0.3) is 0 Å². The van der Waals surface area contributed by atoms with Crippen LogP contribution in [0.5, 0.6) is 5.75 Å². The highest BCUT2D eigenvalue weighted by Gasteiger charge is 2.16. The highest BCUT2D eigenvalue weighted by Crippen LogP contribution is 2.36. The molecule has 0 saturated heterocycles. The summed E-state index contributed by atoms with van der Waals surface area (Å²) in [7, 11) is 5.72. The van der Waals surface area contributed by atoms with Crippen molar-refractivity contribution in [3.8, 4) is 17.0 Å². The molecule has 0 atom stereocenters. The number of urea groups is 1. The number of benzene rings is 2. The Labute approximate surface area is 179 Å². The second kappa shape index (κ2) is 9.60. The van der Waals surface area contributed by atoms with Gasteiger partial charge in [0, 0.05) is 30.5 Å². The third-order valence-corrected chi connectivity index (χ3v) is 4.56. The second-order valence-electron chi connectivity index (χ2n) is 6.91. The van der Waals surface area contributed by atoms with E-state index in [-0.39, 0.29) is 5.82 Å². The molecule has 1 heterocycles. The van der Waals surface area contributed by atoms with Crippen LogP contribution in [0.1, 0.15) is 0 Å². The minimum atomic E-state index is -0.454. The normalized spacial score (nSPS) is 10.9. The first kappa shape index (κ1) is 21.6. The molecule has 0 radical (unpaired) electrons. The molecular weight excluding hydrogens is 409 g/mol. The summed E-state index contributed by atoms with van der Waals surface area (Å²) in [5, 5.41) is 10.1. The molecule has 0 fully saturated rings. The lowest BCUT2D eigenvalue weighted by atomic mass is 10.1. The van der Waals surface area contributed by atoms with Crippen molar-refractivity contribution >= 4 is 29.0 Å². The van der Waals surface area contributed by atoms with Gasteiger partial charge in [-0.3, -0.25) is 4.68 Å². The van der Waals surface area contributed by atoms with Crippen molar-refractivity contribution in [1.29, 1.82) is 0 Å². The summed E-state index contributed by atoms with van der Waals surface area (Å²) in [5.41, 5.74) is 2.41. The fourth-order valence-electron chi connectivity index (χ4n) is 2.80. The third-order valence-electron chi connectivity index (χ3n) is 4.28. The molecule has 0 unspecified atom stereocenters. The number of nitrogens with zero attached hydrogens (tertiary/aromatic N) is 3. The van der Waals surface area contributed by atoms with Crippen LogP contribution >= 0.6 is 11.6 Å². The summed E-state index contributed by atoms with van der Waals surface area (Å²) >= 11 is 6.34. The molecule has 3 rings (SSSR count). The van der Waals surface area contributed by atoms with E-state index in [2.05, 4.69) is 15.7 Å². The van der Waals surface area contributed by atoms with E-state index in [0.717, 1.165) is 6.54 Å². The zero-order valence-corrected chi connectivity index (χ0v) is 17.7. The number of halogens is 2. The van der Waals surface area contributed by atoms with E-state index in [0.29, 0.717) is 40.0 Å². The molecule has 3 aromatic rings. The van der Waals surface area contributed by atoms with Crippen LogP contribution in [0.25, 0.3) is 11.3 Å². The standard InChI is InChI=1S/C21H23ClFN5O2/c1-27(2)10-11-30-19-9-8-16(12-17(19)20-18(22)13-24-28(20)3)26-21(29)25-15-6-4-14(23)5-7-15/h4-9,12-13H,10-11H2,1-3H3,(H2,25,26,29). The maximum Gasteiger partial charge on any atom is 0.323 e. The molecule has 30 heavy (non-hydrogen) atoms. The van der Waals surface area contributed by atoms with Gasteiger partial charge >= 0.3 is 6.03 Å². The second-order valence-corrected chi connectivity index (χ2v) is 7.32. The Morgan fingerprint density at radius 3 is 2.47 bits per heavy atom. The van der Waals surface area contributed by atoms with E-state index in [1.54, 1.807) is 36.1 Å². The summed E-state index contributed by atoms with van der Waals surface area (Å²) in [6.45, 7) is 1.24. The van der Waals surface area contributed by atoms with Crippen molar-refractivity contribution in [2.45, 2.75) is 0 Å². The van der Waals surface area contributed by atoms with Gasteiger partial charge < -0.3 is 20.3 Å². The van der Waals surface area contributed by atoms with E-state index >= 15 is 0 Å². The maximum atomic E-state index is 13.0. The minimum absolute atomic E-state index is 0.372. The SMILES string of the molecule is CN(C)CCOc1ccc(NC(=O)Nc2ccc(F)cc2)cc1-c1c(Cl)cnn1C. The number of ether oxygens (including phenoxy) is 1. The molecule has 0 saturated carbocycles. The average Bonchev–Trinajstić information content (AvgIpc) is 3.02. The molecular formula is C21H23ClFN5O2. The van der Waals surface area contributed by atoms with Crippen molar-refractivity contribution in [2.75, 3.05) is 37.9 Å². The van der Waals surface area contributed by atoms with E-state index in [1.807, 2.05) is 19.0 Å². The van der Waals surface area contributed by atoms with Crippen molar-refractivity contribution in [3.05, 3.63) is 59.5 Å². The summed E-state index contributed by atoms with van der Waals surface area (Å²) in [6.07, 6.45) is 1.56. The topological polar surface area (TPSA) is 71.4 Å². The Hall–Kier alpha value is -3.10. The molecule has 0 aliphatic rings. The van der Waals surface area contributed by atoms with E-state index in [1.165, 1.54) is 24.3 Å². The number of amides is 2. The highest BCUT2D eigenvalue weighted by atomic mass is 35.5. The number of anilines is 2. The van der Waals surface area contributed by atoms with Crippen molar-refractivity contribution in [1.82, 2.24) is 14.7 Å². The first-order chi connectivity index (χ1) is 14.3. The third kappa shape index (κ3) is 5.49. The van der Waals surface area contributed by atoms with E-state index < -0.39 is 6.03 Å². The number of aryl methyl sites for hydroxylation is 1. The minimum Gasteiger partial charge on any atom is -0.492 e. The van der Waals surface area contributed by atoms with Gasteiger partial charge in [-0.25, -0.2) is 9.18 Å². The number of hydrogen-bond donors (Lipinski definition) is 2. The molecule has 0 aliphatic heterocycles. The number of carbonyl (C=O) groups excluding carboxylic acids is 1. The fourth-order valence-corrected chi connectivity index (χ4v) is 3.06. The fraction of sp³-hybridized carbons (Fsp3) is 0.238. The van der Waals surface area contributed by atoms with Crippen LogP contribution in [0, 0.1) is 5.82 Å². The van der Waals surface area contributed by atoms with Gasteiger partial charge in [-0.1, -0.05) is 11.6 Å². The van der Waals surface area contributed by atoms with Gasteiger partial charge in [-0.15, -0.1) is 0 Å². The molecule has 0 bridgehead atoms.